The third-order valence-electron chi connectivity index (χ3n) is 3.50. The molecule has 13 heavy (non-hydrogen) atoms. The molecule has 0 aliphatic heterocycles. The van der Waals surface area contributed by atoms with E-state index in [0.717, 1.165) is 17.8 Å². The zero-order chi connectivity index (χ0) is 9.26. The van der Waals surface area contributed by atoms with E-state index in [0.29, 0.717) is 5.88 Å². The van der Waals surface area contributed by atoms with Crippen molar-refractivity contribution in [2.24, 2.45) is 17.8 Å². The van der Waals surface area contributed by atoms with Gasteiger partial charge in [-0.2, -0.15) is 0 Å². The van der Waals surface area contributed by atoms with Crippen molar-refractivity contribution < 1.29 is 0 Å². The van der Waals surface area contributed by atoms with Gasteiger partial charge in [0.05, 0.1) is 0 Å². The molecule has 0 N–H and O–H groups in total. The van der Waals surface area contributed by atoms with E-state index in [1.807, 2.05) is 0 Å². The number of allylic oxidation sites excluding steroid dienone is 4. The maximum absolute atomic E-state index is 5.64. The van der Waals surface area contributed by atoms with Gasteiger partial charge < -0.3 is 0 Å². The van der Waals surface area contributed by atoms with Gasteiger partial charge in [0.15, 0.2) is 0 Å². The highest BCUT2D eigenvalue weighted by atomic mass is 35.5. The van der Waals surface area contributed by atoms with Crippen molar-refractivity contribution in [3.63, 3.8) is 0 Å². The van der Waals surface area contributed by atoms with E-state index < -0.39 is 0 Å². The van der Waals surface area contributed by atoms with E-state index in [2.05, 4.69) is 25.2 Å². The van der Waals surface area contributed by atoms with Crippen LogP contribution < -0.4 is 0 Å². The summed E-state index contributed by atoms with van der Waals surface area (Å²) in [5, 5.41) is 0. The minimum atomic E-state index is 0.637. The monoisotopic (exact) mass is 196 g/mol. The van der Waals surface area contributed by atoms with Gasteiger partial charge in [-0.3, -0.25) is 0 Å². The predicted octanol–water partition coefficient (Wildman–Crippen LogP) is 3.77. The molecule has 0 saturated heterocycles. The molecule has 0 bridgehead atoms. The number of halogens is 1. The Morgan fingerprint density at radius 3 is 2.77 bits per heavy atom. The lowest BCUT2D eigenvalue weighted by Crippen LogP contribution is -2.01. The van der Waals surface area contributed by atoms with Crippen LogP contribution in [0.15, 0.2) is 23.8 Å². The summed E-state index contributed by atoms with van der Waals surface area (Å²) in [6.45, 7) is 2.14. The molecule has 3 unspecified atom stereocenters. The lowest BCUT2D eigenvalue weighted by Gasteiger charge is -2.12. The second kappa shape index (κ2) is 3.88. The average Bonchev–Trinajstić information content (AvgIpc) is 2.82. The summed E-state index contributed by atoms with van der Waals surface area (Å²) in [5.41, 5.74) is 1.52. The second-order valence-corrected chi connectivity index (χ2v) is 4.50. The normalized spacial score (nSPS) is 38.3. The summed E-state index contributed by atoms with van der Waals surface area (Å²) in [6, 6.07) is 0. The Balaban J connectivity index is 2.00. The first-order valence-corrected chi connectivity index (χ1v) is 5.79. The van der Waals surface area contributed by atoms with Crippen LogP contribution in [0.1, 0.15) is 26.2 Å². The molecular weight excluding hydrogens is 180 g/mol. The minimum absolute atomic E-state index is 0.637. The number of rotatable bonds is 3. The van der Waals surface area contributed by atoms with E-state index in [1.54, 1.807) is 0 Å². The van der Waals surface area contributed by atoms with Crippen LogP contribution in [-0.2, 0) is 0 Å². The molecule has 72 valence electrons. The quantitative estimate of drug-likeness (QED) is 0.476. The van der Waals surface area contributed by atoms with Gasteiger partial charge in [0.1, 0.15) is 0 Å². The van der Waals surface area contributed by atoms with Crippen molar-refractivity contribution in [3.8, 4) is 0 Å². The fourth-order valence-corrected chi connectivity index (χ4v) is 2.82. The molecule has 0 nitrogen and oxygen atoms in total. The highest BCUT2D eigenvalue weighted by Gasteiger charge is 2.48. The van der Waals surface area contributed by atoms with Crippen molar-refractivity contribution in [2.75, 3.05) is 5.88 Å². The molecule has 0 radical (unpaired) electrons. The fraction of sp³-hybridized carbons (Fsp3) is 0.667. The number of hydrogen-bond acceptors (Lipinski definition) is 0. The largest absolute Gasteiger partial charge is 0.122 e. The molecule has 0 heterocycles. The van der Waals surface area contributed by atoms with Gasteiger partial charge in [-0.15, -0.1) is 11.6 Å². The third kappa shape index (κ3) is 1.83. The van der Waals surface area contributed by atoms with E-state index >= 15 is 0 Å². The molecule has 0 amide bonds. The lowest BCUT2D eigenvalue weighted by molar-refractivity contribution is 0.568. The molecule has 2 aliphatic carbocycles. The van der Waals surface area contributed by atoms with Gasteiger partial charge in [0, 0.05) is 5.88 Å². The Bertz CT molecular complexity index is 240. The molecule has 0 aromatic rings. The van der Waals surface area contributed by atoms with Gasteiger partial charge in [0.25, 0.3) is 0 Å². The molecule has 0 spiro atoms. The van der Waals surface area contributed by atoms with Crippen molar-refractivity contribution in [1.29, 1.82) is 0 Å². The molecule has 2 aliphatic rings. The first-order chi connectivity index (χ1) is 6.36. The first-order valence-electron chi connectivity index (χ1n) is 5.25. The van der Waals surface area contributed by atoms with Crippen molar-refractivity contribution in [1.82, 2.24) is 0 Å². The van der Waals surface area contributed by atoms with E-state index in [1.165, 1.54) is 24.8 Å². The summed E-state index contributed by atoms with van der Waals surface area (Å²) in [4.78, 5) is 0. The van der Waals surface area contributed by atoms with E-state index in [4.69, 9.17) is 11.6 Å². The van der Waals surface area contributed by atoms with Gasteiger partial charge in [-0.1, -0.05) is 18.2 Å². The van der Waals surface area contributed by atoms with Crippen molar-refractivity contribution in [3.05, 3.63) is 23.8 Å². The summed E-state index contributed by atoms with van der Waals surface area (Å²) in [7, 11) is 0. The Morgan fingerprint density at radius 1 is 1.46 bits per heavy atom. The van der Waals surface area contributed by atoms with Crippen LogP contribution in [0, 0.1) is 17.8 Å². The van der Waals surface area contributed by atoms with Crippen LogP contribution in [-0.4, -0.2) is 5.88 Å². The number of fused-ring (bicyclic) bond motifs is 1. The zero-order valence-electron chi connectivity index (χ0n) is 8.17. The fourth-order valence-electron chi connectivity index (χ4n) is 2.73. The smallest absolute Gasteiger partial charge is 0.0407 e. The van der Waals surface area contributed by atoms with Crippen LogP contribution >= 0.6 is 11.6 Å². The highest BCUT2D eigenvalue weighted by molar-refractivity contribution is 6.18. The maximum Gasteiger partial charge on any atom is 0.0407 e. The van der Waals surface area contributed by atoms with Gasteiger partial charge >= 0.3 is 0 Å². The molecule has 2 rings (SSSR count). The molecule has 0 aromatic heterocycles. The van der Waals surface area contributed by atoms with Crippen LogP contribution in [0.3, 0.4) is 0 Å². The highest BCUT2D eigenvalue weighted by Crippen LogP contribution is 2.57. The second-order valence-electron chi connectivity index (χ2n) is 4.19. The van der Waals surface area contributed by atoms with Crippen molar-refractivity contribution >= 4 is 11.6 Å². The predicted molar refractivity (Wildman–Crippen MR) is 57.9 cm³/mol. The van der Waals surface area contributed by atoms with Crippen LogP contribution in [0.5, 0.6) is 0 Å². The standard InChI is InChI=1S/C12H17Cl/c1-2-9(4-3-7-13)11-6-5-10-8-12(10)11/h2-4,10-12H,5-8H2,1H3/b4-3-,9-2+. The summed E-state index contributed by atoms with van der Waals surface area (Å²) in [5.74, 6) is 3.59. The molecule has 3 atom stereocenters. The first kappa shape index (κ1) is 9.33. The zero-order valence-corrected chi connectivity index (χ0v) is 8.93. The molecule has 0 aromatic carbocycles. The minimum Gasteiger partial charge on any atom is -0.122 e. The van der Waals surface area contributed by atoms with E-state index in [-0.39, 0.29) is 0 Å². The Hall–Kier alpha value is -0.230. The third-order valence-corrected chi connectivity index (χ3v) is 3.68. The molecular formula is C12H17Cl. The topological polar surface area (TPSA) is 0 Å². The van der Waals surface area contributed by atoms with Crippen LogP contribution in [0.25, 0.3) is 0 Å². The van der Waals surface area contributed by atoms with Gasteiger partial charge in [-0.25, -0.2) is 0 Å². The van der Waals surface area contributed by atoms with Crippen molar-refractivity contribution in [2.45, 2.75) is 26.2 Å². The Kier molecular flexibility index (Phi) is 2.78. The Labute approximate surface area is 85.7 Å². The lowest BCUT2D eigenvalue weighted by atomic mass is 9.93. The Morgan fingerprint density at radius 2 is 2.31 bits per heavy atom. The van der Waals surface area contributed by atoms with E-state index in [9.17, 15) is 0 Å². The van der Waals surface area contributed by atoms with Gasteiger partial charge in [-0.05, 0) is 49.5 Å². The van der Waals surface area contributed by atoms with Crippen LogP contribution in [0.4, 0.5) is 0 Å². The summed E-state index contributed by atoms with van der Waals surface area (Å²) >= 11 is 5.64. The maximum atomic E-state index is 5.64. The number of alkyl halides is 1. The number of hydrogen-bond donors (Lipinski definition) is 0. The van der Waals surface area contributed by atoms with Gasteiger partial charge in [0.2, 0.25) is 0 Å². The molecule has 2 saturated carbocycles. The summed E-state index contributed by atoms with van der Waals surface area (Å²) < 4.78 is 0. The van der Waals surface area contributed by atoms with Crippen LogP contribution in [0.2, 0.25) is 0 Å². The molecule has 2 fully saturated rings. The average molecular weight is 197 g/mol. The molecule has 1 heteroatoms. The summed E-state index contributed by atoms with van der Waals surface area (Å²) in [6.07, 6.45) is 10.9. The SMILES string of the molecule is C/C=C(\C=C/CCl)C1CCC2CC21.